The Bertz CT molecular complexity index is 1180. The van der Waals surface area contributed by atoms with Crippen molar-refractivity contribution in [3.8, 4) is 11.6 Å². The Labute approximate surface area is 197 Å². The van der Waals surface area contributed by atoms with Gasteiger partial charge in [0.2, 0.25) is 0 Å². The molecule has 0 saturated carbocycles. The van der Waals surface area contributed by atoms with Gasteiger partial charge in [-0.3, -0.25) is 4.79 Å². The fourth-order valence-electron chi connectivity index (χ4n) is 2.41. The molecule has 0 saturated heterocycles. The first-order valence-electron chi connectivity index (χ1n) is 8.15. The van der Waals surface area contributed by atoms with E-state index in [4.69, 9.17) is 27.9 Å². The molecule has 2 aromatic carbocycles. The molecule has 3 aromatic rings. The second kappa shape index (κ2) is 10.3. The number of nitrogens with zero attached hydrogens (tertiary/aromatic N) is 2. The normalized spacial score (nSPS) is 10.0. The number of nitrogens with one attached hydrogen (secondary N) is 1. The summed E-state index contributed by atoms with van der Waals surface area (Å²) in [4.78, 5) is 37.8. The molecular formula is C19H10Cl2LiN3O6. The average molecular weight is 454 g/mol. The number of hydrogen-bond acceptors (Lipinski definition) is 7. The Morgan fingerprint density at radius 1 is 1.03 bits per heavy atom. The van der Waals surface area contributed by atoms with Crippen LogP contribution in [0.25, 0.3) is 0 Å². The molecule has 1 heterocycles. The zero-order valence-corrected chi connectivity index (χ0v) is 17.3. The molecule has 0 aliphatic heterocycles. The number of aromatic nitrogens is 1. The van der Waals surface area contributed by atoms with E-state index in [1.165, 1.54) is 48.5 Å². The number of halogens is 2. The monoisotopic (exact) mass is 453 g/mol. The maximum Gasteiger partial charge on any atom is 1.00 e. The first-order valence-corrected chi connectivity index (χ1v) is 8.91. The van der Waals surface area contributed by atoms with Crippen LogP contribution in [0, 0.1) is 10.1 Å². The minimum absolute atomic E-state index is 0. The minimum Gasteiger partial charge on any atom is -0.545 e. The van der Waals surface area contributed by atoms with Gasteiger partial charge in [0.1, 0.15) is 5.75 Å². The smallest absolute Gasteiger partial charge is 0.545 e. The van der Waals surface area contributed by atoms with Crippen molar-refractivity contribution in [1.82, 2.24) is 4.98 Å². The Morgan fingerprint density at radius 3 is 2.42 bits per heavy atom. The predicted octanol–water partition coefficient (Wildman–Crippen LogP) is 0.709. The third kappa shape index (κ3) is 5.96. The summed E-state index contributed by atoms with van der Waals surface area (Å²) in [6, 6.07) is 11.9. The van der Waals surface area contributed by atoms with Gasteiger partial charge in [0.15, 0.2) is 0 Å². The number of aromatic carboxylic acids is 1. The van der Waals surface area contributed by atoms with Crippen LogP contribution in [0.5, 0.6) is 11.6 Å². The topological polar surface area (TPSA) is 134 Å². The van der Waals surface area contributed by atoms with E-state index < -0.39 is 22.6 Å². The van der Waals surface area contributed by atoms with E-state index in [1.807, 2.05) is 0 Å². The standard InChI is InChI=1S/C19H11Cl2N3O6.Li/c20-10-4-6-12(14(21)8-10)18(25)22-15-7-5-11(9-13(15)19(26)27)30-17-3-1-2-16(23-17)24(28)29;/h1-9H,(H,22,25)(H,26,27);/q;+1/p-1. The van der Waals surface area contributed by atoms with Crippen LogP contribution in [0.3, 0.4) is 0 Å². The molecular weight excluding hydrogens is 444 g/mol. The maximum absolute atomic E-state index is 12.4. The molecule has 0 unspecified atom stereocenters. The zero-order chi connectivity index (χ0) is 21.8. The van der Waals surface area contributed by atoms with Gasteiger partial charge in [-0.15, -0.1) is 0 Å². The van der Waals surface area contributed by atoms with Crippen LogP contribution in [-0.4, -0.2) is 21.8 Å². The van der Waals surface area contributed by atoms with Crippen molar-refractivity contribution in [2.24, 2.45) is 0 Å². The van der Waals surface area contributed by atoms with Crippen LogP contribution in [0.2, 0.25) is 10.0 Å². The van der Waals surface area contributed by atoms with Crippen LogP contribution in [0.1, 0.15) is 20.7 Å². The summed E-state index contributed by atoms with van der Waals surface area (Å²) in [6.45, 7) is 0. The summed E-state index contributed by atoms with van der Waals surface area (Å²) < 4.78 is 5.38. The second-order valence-corrected chi connectivity index (χ2v) is 6.61. The van der Waals surface area contributed by atoms with Crippen molar-refractivity contribution in [2.75, 3.05) is 5.32 Å². The number of anilines is 1. The summed E-state index contributed by atoms with van der Waals surface area (Å²) in [7, 11) is 0. The second-order valence-electron chi connectivity index (χ2n) is 5.77. The number of hydrogen-bond donors (Lipinski definition) is 1. The number of pyridine rings is 1. The third-order valence-electron chi connectivity index (χ3n) is 3.75. The van der Waals surface area contributed by atoms with Gasteiger partial charge in [-0.2, -0.15) is 0 Å². The van der Waals surface area contributed by atoms with E-state index in [2.05, 4.69) is 10.3 Å². The number of nitro groups is 1. The van der Waals surface area contributed by atoms with Crippen LogP contribution in [0.4, 0.5) is 11.5 Å². The van der Waals surface area contributed by atoms with E-state index in [0.29, 0.717) is 5.02 Å². The largest absolute Gasteiger partial charge is 1.00 e. The minimum atomic E-state index is -1.58. The van der Waals surface area contributed by atoms with Gasteiger partial charge in [-0.05, 0) is 47.4 Å². The van der Waals surface area contributed by atoms with Gasteiger partial charge in [0.05, 0.1) is 22.2 Å². The molecule has 0 bridgehead atoms. The molecule has 0 aliphatic carbocycles. The Balaban J connectivity index is 0.00000341. The summed E-state index contributed by atoms with van der Waals surface area (Å²) in [6.07, 6.45) is 0. The molecule has 0 fully saturated rings. The van der Waals surface area contributed by atoms with Gasteiger partial charge in [-0.1, -0.05) is 23.2 Å². The Morgan fingerprint density at radius 2 is 1.77 bits per heavy atom. The summed E-state index contributed by atoms with van der Waals surface area (Å²) in [5.74, 6) is -2.77. The van der Waals surface area contributed by atoms with Gasteiger partial charge in [-0.25, -0.2) is 0 Å². The molecule has 0 spiro atoms. The van der Waals surface area contributed by atoms with Crippen molar-refractivity contribution in [2.45, 2.75) is 0 Å². The first kappa shape index (κ1) is 24.2. The summed E-state index contributed by atoms with van der Waals surface area (Å²) >= 11 is 11.8. The van der Waals surface area contributed by atoms with Gasteiger partial charge >= 0.3 is 30.6 Å². The third-order valence-corrected chi connectivity index (χ3v) is 4.30. The number of carboxylic acid groups (broad SMARTS) is 1. The summed E-state index contributed by atoms with van der Waals surface area (Å²) in [5, 5.41) is 25.2. The number of carboxylic acids is 1. The van der Waals surface area contributed by atoms with Crippen LogP contribution < -0.4 is 34.0 Å². The molecule has 31 heavy (non-hydrogen) atoms. The molecule has 0 radical (unpaired) electrons. The summed E-state index contributed by atoms with van der Waals surface area (Å²) in [5.41, 5.74) is -0.353. The van der Waals surface area contributed by atoms with Gasteiger partial charge in [0.25, 0.3) is 5.91 Å². The van der Waals surface area contributed by atoms with Crippen molar-refractivity contribution in [1.29, 1.82) is 0 Å². The van der Waals surface area contributed by atoms with E-state index in [9.17, 15) is 24.8 Å². The van der Waals surface area contributed by atoms with Crippen molar-refractivity contribution >= 4 is 46.6 Å². The number of amides is 1. The van der Waals surface area contributed by atoms with E-state index in [-0.39, 0.29) is 52.3 Å². The Kier molecular flexibility index (Phi) is 8.02. The Hall–Kier alpha value is -3.09. The number of carbonyl (C=O) groups is 2. The van der Waals surface area contributed by atoms with E-state index >= 15 is 0 Å². The molecule has 9 nitrogen and oxygen atoms in total. The first-order chi connectivity index (χ1) is 14.2. The maximum atomic E-state index is 12.4. The van der Waals surface area contributed by atoms with Crippen molar-refractivity contribution in [3.05, 3.63) is 85.9 Å². The number of carbonyl (C=O) groups excluding carboxylic acids is 2. The zero-order valence-electron chi connectivity index (χ0n) is 15.8. The number of ether oxygens (including phenoxy) is 1. The average Bonchev–Trinajstić information content (AvgIpc) is 2.69. The quantitative estimate of drug-likeness (QED) is 0.329. The van der Waals surface area contributed by atoms with Crippen LogP contribution >= 0.6 is 23.2 Å². The van der Waals surface area contributed by atoms with E-state index in [0.717, 1.165) is 6.07 Å². The van der Waals surface area contributed by atoms with Gasteiger partial charge in [0, 0.05) is 27.7 Å². The van der Waals surface area contributed by atoms with Crippen molar-refractivity contribution in [3.63, 3.8) is 0 Å². The number of benzene rings is 2. The molecule has 1 N–H and O–H groups in total. The molecule has 1 amide bonds. The predicted molar refractivity (Wildman–Crippen MR) is 106 cm³/mol. The number of rotatable bonds is 6. The SMILES string of the molecule is O=C(Nc1ccc(Oc2cccc([N+](=O)[O-])n2)cc1C(=O)[O-])c1ccc(Cl)cc1Cl.[Li+]. The van der Waals surface area contributed by atoms with Gasteiger partial charge < -0.3 is 30.1 Å². The molecule has 0 atom stereocenters. The molecule has 3 rings (SSSR count). The van der Waals surface area contributed by atoms with E-state index in [1.54, 1.807) is 0 Å². The molecule has 1 aromatic heterocycles. The van der Waals surface area contributed by atoms with Crippen LogP contribution in [-0.2, 0) is 0 Å². The molecule has 0 aliphatic rings. The van der Waals surface area contributed by atoms with Crippen molar-refractivity contribution < 1.29 is 43.2 Å². The fourth-order valence-corrected chi connectivity index (χ4v) is 2.91. The van der Waals surface area contributed by atoms with Crippen LogP contribution in [0.15, 0.2) is 54.6 Å². The molecule has 12 heteroatoms. The fraction of sp³-hybridized carbons (Fsp3) is 0. The molecule has 152 valence electrons.